The average Bonchev–Trinajstić information content (AvgIpc) is 3.58. The van der Waals surface area contributed by atoms with Crippen LogP contribution in [0.25, 0.3) is 22.4 Å². The van der Waals surface area contributed by atoms with Crippen molar-refractivity contribution in [2.24, 2.45) is 0 Å². The minimum atomic E-state index is -0.914. The second-order valence-electron chi connectivity index (χ2n) is 8.44. The second kappa shape index (κ2) is 9.72. The normalized spacial score (nSPS) is 13.1. The number of carbonyl (C=O) groups is 1. The molecule has 5 nitrogen and oxygen atoms in total. The van der Waals surface area contributed by atoms with E-state index in [9.17, 15) is 9.18 Å². The van der Waals surface area contributed by atoms with Gasteiger partial charge in [0, 0.05) is 23.1 Å². The van der Waals surface area contributed by atoms with Crippen LogP contribution in [-0.2, 0) is 17.8 Å². The summed E-state index contributed by atoms with van der Waals surface area (Å²) in [4.78, 5) is 10.9. The Bertz CT molecular complexity index is 1380. The predicted octanol–water partition coefficient (Wildman–Crippen LogP) is 7.54. The van der Waals surface area contributed by atoms with Crippen molar-refractivity contribution < 1.29 is 23.6 Å². The van der Waals surface area contributed by atoms with E-state index in [1.807, 2.05) is 0 Å². The Labute approximate surface area is 211 Å². The van der Waals surface area contributed by atoms with Gasteiger partial charge in [-0.05, 0) is 48.2 Å². The van der Waals surface area contributed by atoms with E-state index in [0.29, 0.717) is 43.7 Å². The van der Waals surface area contributed by atoms with Gasteiger partial charge in [-0.15, -0.1) is 0 Å². The third-order valence-corrected chi connectivity index (χ3v) is 6.54. The van der Waals surface area contributed by atoms with E-state index in [0.717, 1.165) is 24.2 Å². The fourth-order valence-electron chi connectivity index (χ4n) is 4.00. The van der Waals surface area contributed by atoms with Crippen LogP contribution in [0, 0.1) is 5.82 Å². The van der Waals surface area contributed by atoms with Crippen LogP contribution < -0.4 is 4.74 Å². The molecular weight excluding hydrogens is 492 g/mol. The van der Waals surface area contributed by atoms with Gasteiger partial charge in [0.1, 0.15) is 29.6 Å². The third-order valence-electron chi connectivity index (χ3n) is 5.91. The highest BCUT2D eigenvalue weighted by Crippen LogP contribution is 2.46. The smallest absolute Gasteiger partial charge is 0.307 e. The molecule has 0 amide bonds. The molecule has 4 aromatic rings. The van der Waals surface area contributed by atoms with Crippen molar-refractivity contribution in [3.8, 4) is 28.1 Å². The molecule has 1 heterocycles. The maximum absolute atomic E-state index is 14.9. The number of aliphatic carboxylic acids is 1. The summed E-state index contributed by atoms with van der Waals surface area (Å²) >= 11 is 12.8. The zero-order chi connectivity index (χ0) is 24.5. The largest absolute Gasteiger partial charge is 0.489 e. The van der Waals surface area contributed by atoms with Crippen LogP contribution in [0.1, 0.15) is 35.6 Å². The SMILES string of the molecule is O=C(O)Cc1ccc(-c2ccc(OCc3c(-c4c(Cl)cccc4Cl)noc3C3CC3)cc2F)cc1. The lowest BCUT2D eigenvalue weighted by molar-refractivity contribution is -0.136. The summed E-state index contributed by atoms with van der Waals surface area (Å²) in [5.41, 5.74) is 3.55. The maximum atomic E-state index is 14.9. The molecular formula is C27H20Cl2FNO4. The lowest BCUT2D eigenvalue weighted by Crippen LogP contribution is -2.01. The van der Waals surface area contributed by atoms with Gasteiger partial charge in [-0.1, -0.05) is 58.7 Å². The van der Waals surface area contributed by atoms with E-state index in [4.69, 9.17) is 37.6 Å². The van der Waals surface area contributed by atoms with Crippen molar-refractivity contribution in [3.05, 3.63) is 93.4 Å². The molecule has 8 heteroatoms. The molecule has 3 aromatic carbocycles. The molecule has 1 N–H and O–H groups in total. The first kappa shape index (κ1) is 23.4. The highest BCUT2D eigenvalue weighted by atomic mass is 35.5. The molecule has 35 heavy (non-hydrogen) atoms. The minimum absolute atomic E-state index is 0.0807. The van der Waals surface area contributed by atoms with E-state index in [2.05, 4.69) is 5.16 Å². The summed E-state index contributed by atoms with van der Waals surface area (Å²) in [5.74, 6) is 0.0143. The quantitative estimate of drug-likeness (QED) is 0.264. The van der Waals surface area contributed by atoms with Crippen molar-refractivity contribution in [1.82, 2.24) is 5.16 Å². The van der Waals surface area contributed by atoms with Gasteiger partial charge in [0.25, 0.3) is 0 Å². The number of rotatable bonds is 8. The summed E-state index contributed by atoms with van der Waals surface area (Å²) in [6.07, 6.45) is 1.93. The van der Waals surface area contributed by atoms with Gasteiger partial charge in [0.15, 0.2) is 0 Å². The lowest BCUT2D eigenvalue weighted by atomic mass is 10.0. The number of aromatic nitrogens is 1. The standard InChI is InChI=1S/C27H20Cl2FNO4/c28-21-2-1-3-22(29)25(21)26-20(27(35-31-26)17-8-9-17)14-34-18-10-11-19(23(30)13-18)16-6-4-15(5-7-16)12-24(32)33/h1-7,10-11,13,17H,8-9,12,14H2,(H,32,33). The highest BCUT2D eigenvalue weighted by molar-refractivity contribution is 6.39. The van der Waals surface area contributed by atoms with E-state index in [1.54, 1.807) is 54.6 Å². The van der Waals surface area contributed by atoms with Crippen LogP contribution in [-0.4, -0.2) is 16.2 Å². The summed E-state index contributed by atoms with van der Waals surface area (Å²) in [6.45, 7) is 0.120. The van der Waals surface area contributed by atoms with Gasteiger partial charge >= 0.3 is 5.97 Å². The topological polar surface area (TPSA) is 72.6 Å². The van der Waals surface area contributed by atoms with Crippen LogP contribution in [0.4, 0.5) is 4.39 Å². The van der Waals surface area contributed by atoms with Gasteiger partial charge in [0.05, 0.1) is 22.0 Å². The molecule has 178 valence electrons. The molecule has 0 atom stereocenters. The van der Waals surface area contributed by atoms with Gasteiger partial charge in [-0.3, -0.25) is 4.79 Å². The summed E-state index contributed by atoms with van der Waals surface area (Å²) in [7, 11) is 0. The molecule has 1 fully saturated rings. The van der Waals surface area contributed by atoms with E-state index in [1.165, 1.54) is 6.07 Å². The van der Waals surface area contributed by atoms with Crippen molar-refractivity contribution in [1.29, 1.82) is 0 Å². The number of carboxylic acids is 1. The first-order valence-corrected chi connectivity index (χ1v) is 11.8. The Morgan fingerprint density at radius 2 is 1.80 bits per heavy atom. The molecule has 0 radical (unpaired) electrons. The maximum Gasteiger partial charge on any atom is 0.307 e. The Kier molecular flexibility index (Phi) is 6.50. The number of halogens is 3. The Balaban J connectivity index is 1.38. The fourth-order valence-corrected chi connectivity index (χ4v) is 4.58. The molecule has 0 unspecified atom stereocenters. The van der Waals surface area contributed by atoms with Gasteiger partial charge in [-0.2, -0.15) is 0 Å². The molecule has 1 aliphatic carbocycles. The van der Waals surface area contributed by atoms with Crippen LogP contribution in [0.2, 0.25) is 10.0 Å². The molecule has 0 aliphatic heterocycles. The molecule has 1 saturated carbocycles. The summed E-state index contributed by atoms with van der Waals surface area (Å²) in [5, 5.41) is 14.1. The van der Waals surface area contributed by atoms with E-state index < -0.39 is 11.8 Å². The number of hydrogen-bond acceptors (Lipinski definition) is 4. The van der Waals surface area contributed by atoms with Crippen molar-refractivity contribution in [2.75, 3.05) is 0 Å². The Hall–Kier alpha value is -3.35. The van der Waals surface area contributed by atoms with E-state index in [-0.39, 0.29) is 18.9 Å². The van der Waals surface area contributed by atoms with Crippen LogP contribution >= 0.6 is 23.2 Å². The number of carboxylic acid groups (broad SMARTS) is 1. The number of hydrogen-bond donors (Lipinski definition) is 1. The number of ether oxygens (including phenoxy) is 1. The number of nitrogens with zero attached hydrogens (tertiary/aromatic N) is 1. The third kappa shape index (κ3) is 5.04. The molecule has 0 saturated heterocycles. The van der Waals surface area contributed by atoms with E-state index >= 15 is 0 Å². The van der Waals surface area contributed by atoms with Crippen LogP contribution in [0.5, 0.6) is 5.75 Å². The molecule has 1 aromatic heterocycles. The monoisotopic (exact) mass is 511 g/mol. The number of benzene rings is 3. The van der Waals surface area contributed by atoms with Crippen LogP contribution in [0.15, 0.2) is 65.2 Å². The lowest BCUT2D eigenvalue weighted by Gasteiger charge is -2.11. The first-order valence-electron chi connectivity index (χ1n) is 11.1. The zero-order valence-electron chi connectivity index (χ0n) is 18.4. The summed E-state index contributed by atoms with van der Waals surface area (Å²) < 4.78 is 26.5. The van der Waals surface area contributed by atoms with Gasteiger partial charge in [0.2, 0.25) is 0 Å². The Morgan fingerprint density at radius 3 is 2.43 bits per heavy atom. The minimum Gasteiger partial charge on any atom is -0.489 e. The van der Waals surface area contributed by atoms with Crippen LogP contribution in [0.3, 0.4) is 0 Å². The zero-order valence-corrected chi connectivity index (χ0v) is 19.9. The highest BCUT2D eigenvalue weighted by Gasteiger charge is 2.33. The predicted molar refractivity (Wildman–Crippen MR) is 131 cm³/mol. The average molecular weight is 512 g/mol. The molecule has 0 bridgehead atoms. The van der Waals surface area contributed by atoms with Gasteiger partial charge in [-0.25, -0.2) is 4.39 Å². The Morgan fingerprint density at radius 1 is 1.09 bits per heavy atom. The van der Waals surface area contributed by atoms with Crippen molar-refractivity contribution >= 4 is 29.2 Å². The summed E-state index contributed by atoms with van der Waals surface area (Å²) in [6, 6.07) is 16.7. The molecule has 0 spiro atoms. The second-order valence-corrected chi connectivity index (χ2v) is 9.26. The fraction of sp³-hybridized carbons (Fsp3) is 0.185. The molecule has 1 aliphatic rings. The molecule has 5 rings (SSSR count). The van der Waals surface area contributed by atoms with Gasteiger partial charge < -0.3 is 14.4 Å². The van der Waals surface area contributed by atoms with Crippen molar-refractivity contribution in [3.63, 3.8) is 0 Å². The first-order chi connectivity index (χ1) is 16.9. The van der Waals surface area contributed by atoms with Crippen molar-refractivity contribution in [2.45, 2.75) is 31.8 Å².